The Morgan fingerprint density at radius 3 is 3.09 bits per heavy atom. The van der Waals surface area contributed by atoms with E-state index in [0.29, 0.717) is 32.7 Å². The van der Waals surface area contributed by atoms with Crippen molar-refractivity contribution < 1.29 is 14.6 Å². The quantitative estimate of drug-likeness (QED) is 0.575. The van der Waals surface area contributed by atoms with Gasteiger partial charge in [-0.25, -0.2) is 0 Å². The van der Waals surface area contributed by atoms with Crippen molar-refractivity contribution in [1.29, 1.82) is 0 Å². The van der Waals surface area contributed by atoms with Crippen molar-refractivity contribution in [2.24, 2.45) is 0 Å². The Bertz CT molecular complexity index is 138. The van der Waals surface area contributed by atoms with E-state index in [4.69, 9.17) is 9.84 Å². The SMILES string of the molecule is O=C1CCOCCN1CCO. The van der Waals surface area contributed by atoms with E-state index in [1.165, 1.54) is 0 Å². The first-order valence-electron chi connectivity index (χ1n) is 3.81. The molecule has 64 valence electrons. The third-order valence-corrected chi connectivity index (χ3v) is 1.69. The van der Waals surface area contributed by atoms with Crippen molar-refractivity contribution in [2.75, 3.05) is 32.9 Å². The number of nitrogens with zero attached hydrogens (tertiary/aromatic N) is 1. The van der Waals surface area contributed by atoms with E-state index in [0.717, 1.165) is 0 Å². The minimum atomic E-state index is 0.0335. The van der Waals surface area contributed by atoms with Gasteiger partial charge in [0.15, 0.2) is 0 Å². The molecular formula is C7H13NO3. The standard InChI is InChI=1S/C7H13NO3/c9-4-2-8-3-6-11-5-1-7(8)10/h9H,1-6H2. The molecule has 1 N–H and O–H groups in total. The third kappa shape index (κ3) is 2.48. The average molecular weight is 159 g/mol. The van der Waals surface area contributed by atoms with Crippen LogP contribution in [0.5, 0.6) is 0 Å². The molecule has 0 aliphatic carbocycles. The van der Waals surface area contributed by atoms with E-state index in [2.05, 4.69) is 0 Å². The first-order chi connectivity index (χ1) is 5.34. The van der Waals surface area contributed by atoms with Crippen molar-refractivity contribution in [3.05, 3.63) is 0 Å². The molecule has 0 bridgehead atoms. The lowest BCUT2D eigenvalue weighted by molar-refractivity contribution is -0.130. The monoisotopic (exact) mass is 159 g/mol. The fourth-order valence-corrected chi connectivity index (χ4v) is 1.08. The van der Waals surface area contributed by atoms with Gasteiger partial charge in [-0.05, 0) is 0 Å². The maximum Gasteiger partial charge on any atom is 0.225 e. The van der Waals surface area contributed by atoms with Crippen LogP contribution >= 0.6 is 0 Å². The number of rotatable bonds is 2. The number of aliphatic hydroxyl groups excluding tert-OH is 1. The number of aliphatic hydroxyl groups is 1. The highest BCUT2D eigenvalue weighted by Crippen LogP contribution is 1.99. The molecule has 0 saturated carbocycles. The molecule has 0 aromatic carbocycles. The van der Waals surface area contributed by atoms with Gasteiger partial charge in [0.25, 0.3) is 0 Å². The van der Waals surface area contributed by atoms with E-state index in [1.807, 2.05) is 0 Å². The van der Waals surface area contributed by atoms with Crippen molar-refractivity contribution in [2.45, 2.75) is 6.42 Å². The molecule has 0 aromatic rings. The van der Waals surface area contributed by atoms with Gasteiger partial charge >= 0.3 is 0 Å². The molecule has 0 atom stereocenters. The number of hydrogen-bond acceptors (Lipinski definition) is 3. The van der Waals surface area contributed by atoms with Crippen LogP contribution in [-0.4, -0.2) is 48.8 Å². The van der Waals surface area contributed by atoms with Crippen LogP contribution in [0, 0.1) is 0 Å². The Hall–Kier alpha value is -0.610. The Morgan fingerprint density at radius 1 is 1.55 bits per heavy atom. The lowest BCUT2D eigenvalue weighted by atomic mass is 10.4. The summed E-state index contributed by atoms with van der Waals surface area (Å²) in [6.45, 7) is 2.18. The van der Waals surface area contributed by atoms with Gasteiger partial charge in [-0.2, -0.15) is 0 Å². The summed E-state index contributed by atoms with van der Waals surface area (Å²) < 4.78 is 5.10. The van der Waals surface area contributed by atoms with Gasteiger partial charge in [0.1, 0.15) is 0 Å². The van der Waals surface area contributed by atoms with E-state index >= 15 is 0 Å². The lowest BCUT2D eigenvalue weighted by Crippen LogP contribution is -2.34. The highest BCUT2D eigenvalue weighted by Gasteiger charge is 2.15. The van der Waals surface area contributed by atoms with E-state index < -0.39 is 0 Å². The van der Waals surface area contributed by atoms with Crippen molar-refractivity contribution >= 4 is 5.91 Å². The van der Waals surface area contributed by atoms with Crippen LogP contribution in [0.1, 0.15) is 6.42 Å². The maximum absolute atomic E-state index is 11.1. The molecule has 0 unspecified atom stereocenters. The molecule has 1 aliphatic heterocycles. The summed E-state index contributed by atoms with van der Waals surface area (Å²) >= 11 is 0. The minimum absolute atomic E-state index is 0.0335. The highest BCUT2D eigenvalue weighted by atomic mass is 16.5. The number of β-amino-alcohol motifs (C(OH)–C–C–N with tert-alkyl or cyclic N) is 1. The molecule has 11 heavy (non-hydrogen) atoms. The molecule has 0 radical (unpaired) electrons. The van der Waals surface area contributed by atoms with Crippen molar-refractivity contribution in [3.63, 3.8) is 0 Å². The molecule has 1 fully saturated rings. The van der Waals surface area contributed by atoms with E-state index in [1.54, 1.807) is 4.90 Å². The van der Waals surface area contributed by atoms with Gasteiger partial charge in [-0.3, -0.25) is 4.79 Å². The summed E-state index contributed by atoms with van der Waals surface area (Å²) in [6, 6.07) is 0. The second-order valence-electron chi connectivity index (χ2n) is 2.47. The zero-order valence-electron chi connectivity index (χ0n) is 6.45. The smallest absolute Gasteiger partial charge is 0.225 e. The minimum Gasteiger partial charge on any atom is -0.395 e. The Labute approximate surface area is 65.8 Å². The topological polar surface area (TPSA) is 49.8 Å². The fraction of sp³-hybridized carbons (Fsp3) is 0.857. The molecule has 0 aromatic heterocycles. The normalized spacial score (nSPS) is 20.1. The van der Waals surface area contributed by atoms with Crippen molar-refractivity contribution in [3.8, 4) is 0 Å². The average Bonchev–Trinajstić information content (AvgIpc) is 2.18. The van der Waals surface area contributed by atoms with E-state index in [-0.39, 0.29) is 12.5 Å². The van der Waals surface area contributed by atoms with E-state index in [9.17, 15) is 4.79 Å². The number of ether oxygens (including phenoxy) is 1. The molecule has 1 rings (SSSR count). The number of carbonyl (C=O) groups excluding carboxylic acids is 1. The summed E-state index contributed by atoms with van der Waals surface area (Å²) in [6.07, 6.45) is 0.444. The summed E-state index contributed by atoms with van der Waals surface area (Å²) in [4.78, 5) is 12.8. The largest absolute Gasteiger partial charge is 0.395 e. The third-order valence-electron chi connectivity index (χ3n) is 1.69. The van der Waals surface area contributed by atoms with Gasteiger partial charge in [0.2, 0.25) is 5.91 Å². The zero-order chi connectivity index (χ0) is 8.10. The molecule has 4 nitrogen and oxygen atoms in total. The van der Waals surface area contributed by atoms with Crippen LogP contribution < -0.4 is 0 Å². The van der Waals surface area contributed by atoms with Crippen LogP contribution in [0.25, 0.3) is 0 Å². The van der Waals surface area contributed by atoms with Gasteiger partial charge in [0.05, 0.1) is 26.2 Å². The van der Waals surface area contributed by atoms with Gasteiger partial charge in [-0.1, -0.05) is 0 Å². The van der Waals surface area contributed by atoms with Crippen LogP contribution in [0.3, 0.4) is 0 Å². The fourth-order valence-electron chi connectivity index (χ4n) is 1.08. The van der Waals surface area contributed by atoms with Crippen LogP contribution in [0.2, 0.25) is 0 Å². The molecule has 1 heterocycles. The Morgan fingerprint density at radius 2 is 2.36 bits per heavy atom. The first kappa shape index (κ1) is 8.49. The predicted octanol–water partition coefficient (Wildman–Crippen LogP) is -0.772. The van der Waals surface area contributed by atoms with Crippen LogP contribution in [0.15, 0.2) is 0 Å². The maximum atomic E-state index is 11.1. The van der Waals surface area contributed by atoms with Crippen LogP contribution in [-0.2, 0) is 9.53 Å². The number of hydrogen-bond donors (Lipinski definition) is 1. The second-order valence-corrected chi connectivity index (χ2v) is 2.47. The highest BCUT2D eigenvalue weighted by molar-refractivity contribution is 5.76. The Balaban J connectivity index is 2.39. The summed E-state index contributed by atoms with van der Waals surface area (Å²) in [5.74, 6) is 0.0801. The predicted molar refractivity (Wildman–Crippen MR) is 39.1 cm³/mol. The molecule has 1 amide bonds. The molecule has 1 saturated heterocycles. The molecule has 0 spiro atoms. The first-order valence-corrected chi connectivity index (χ1v) is 3.81. The van der Waals surface area contributed by atoms with Gasteiger partial charge in [0, 0.05) is 13.1 Å². The van der Waals surface area contributed by atoms with Crippen LogP contribution in [0.4, 0.5) is 0 Å². The summed E-state index contributed by atoms with van der Waals surface area (Å²) in [5, 5.41) is 8.59. The summed E-state index contributed by atoms with van der Waals surface area (Å²) in [7, 11) is 0. The molecule has 4 heteroatoms. The molecule has 1 aliphatic rings. The lowest BCUT2D eigenvalue weighted by Gasteiger charge is -2.17. The van der Waals surface area contributed by atoms with Crippen molar-refractivity contribution in [1.82, 2.24) is 4.90 Å². The van der Waals surface area contributed by atoms with Gasteiger partial charge in [-0.15, -0.1) is 0 Å². The summed E-state index contributed by atoms with van der Waals surface area (Å²) in [5.41, 5.74) is 0. The second kappa shape index (κ2) is 4.31. The number of carbonyl (C=O) groups is 1. The van der Waals surface area contributed by atoms with Gasteiger partial charge < -0.3 is 14.7 Å². The molecular weight excluding hydrogens is 146 g/mol. The zero-order valence-corrected chi connectivity index (χ0v) is 6.45. The number of amides is 1. The Kier molecular flexibility index (Phi) is 3.32.